The summed E-state index contributed by atoms with van der Waals surface area (Å²) < 4.78 is 6.26. The molecule has 5 N–H and O–H groups in total. The smallest absolute Gasteiger partial charge is 0.278 e. The summed E-state index contributed by atoms with van der Waals surface area (Å²) in [6.45, 7) is 4.17. The van der Waals surface area contributed by atoms with Gasteiger partial charge in [0.2, 0.25) is 0 Å². The largest absolute Gasteiger partial charge is 0.382 e. The standard InChI is InChI=1S/C24H28N6O2/c1-3-16-14(2)32-21(11-18(16)25)17-9-10-27-12-20(17)30-24(31)22-23(26)28-13-19(29-22)15-7-5-4-6-8-15/h4-10,12-14,16,18,21H,3,11,25H2,1-2H3,(H2,26,28)(H,30,31). The van der Waals surface area contributed by atoms with Crippen LogP contribution >= 0.6 is 0 Å². The number of carbonyl (C=O) groups is 1. The maximum atomic E-state index is 13.1. The molecule has 0 saturated carbocycles. The van der Waals surface area contributed by atoms with E-state index in [0.717, 1.165) is 17.5 Å². The van der Waals surface area contributed by atoms with Crippen molar-refractivity contribution in [3.63, 3.8) is 0 Å². The molecule has 166 valence electrons. The second-order valence-electron chi connectivity index (χ2n) is 8.07. The van der Waals surface area contributed by atoms with E-state index in [1.54, 1.807) is 18.6 Å². The summed E-state index contributed by atoms with van der Waals surface area (Å²) in [6.07, 6.45) is 6.25. The fourth-order valence-electron chi connectivity index (χ4n) is 4.31. The van der Waals surface area contributed by atoms with Gasteiger partial charge in [-0.2, -0.15) is 0 Å². The second kappa shape index (κ2) is 9.42. The Morgan fingerprint density at radius 2 is 2.00 bits per heavy atom. The van der Waals surface area contributed by atoms with Crippen LogP contribution in [0.3, 0.4) is 0 Å². The average molecular weight is 433 g/mol. The van der Waals surface area contributed by atoms with Crippen molar-refractivity contribution in [2.75, 3.05) is 11.1 Å². The van der Waals surface area contributed by atoms with Crippen molar-refractivity contribution >= 4 is 17.4 Å². The third kappa shape index (κ3) is 4.46. The summed E-state index contributed by atoms with van der Waals surface area (Å²) in [7, 11) is 0. The number of nitrogens with one attached hydrogen (secondary N) is 1. The van der Waals surface area contributed by atoms with Crippen LogP contribution in [0.25, 0.3) is 11.3 Å². The Hall–Kier alpha value is -3.36. The number of amides is 1. The number of pyridine rings is 1. The number of rotatable bonds is 5. The summed E-state index contributed by atoms with van der Waals surface area (Å²) >= 11 is 0. The molecule has 0 aliphatic carbocycles. The molecule has 8 nitrogen and oxygen atoms in total. The Morgan fingerprint density at radius 3 is 2.72 bits per heavy atom. The van der Waals surface area contributed by atoms with E-state index in [-0.39, 0.29) is 29.8 Å². The zero-order chi connectivity index (χ0) is 22.7. The van der Waals surface area contributed by atoms with Crippen LogP contribution in [0.15, 0.2) is 55.0 Å². The topological polar surface area (TPSA) is 129 Å². The predicted octanol–water partition coefficient (Wildman–Crippen LogP) is 3.58. The third-order valence-electron chi connectivity index (χ3n) is 6.02. The minimum atomic E-state index is -0.457. The Bertz CT molecular complexity index is 1080. The van der Waals surface area contributed by atoms with E-state index in [2.05, 4.69) is 27.2 Å². The molecule has 3 aromatic rings. The molecule has 1 saturated heterocycles. The van der Waals surface area contributed by atoms with Crippen LogP contribution in [0.4, 0.5) is 11.5 Å². The number of nitrogens with zero attached hydrogens (tertiary/aromatic N) is 3. The molecule has 2 aromatic heterocycles. The molecule has 1 aromatic carbocycles. The first-order valence-corrected chi connectivity index (χ1v) is 10.8. The maximum Gasteiger partial charge on any atom is 0.278 e. The van der Waals surface area contributed by atoms with Gasteiger partial charge in [0.25, 0.3) is 5.91 Å². The maximum absolute atomic E-state index is 13.1. The normalized spacial score (nSPS) is 23.0. The lowest BCUT2D eigenvalue weighted by atomic mass is 9.84. The Labute approximate surface area is 187 Å². The van der Waals surface area contributed by atoms with Gasteiger partial charge in [-0.25, -0.2) is 9.97 Å². The van der Waals surface area contributed by atoms with Crippen LogP contribution in [0, 0.1) is 5.92 Å². The lowest BCUT2D eigenvalue weighted by molar-refractivity contribution is -0.0848. The fraction of sp³-hybridized carbons (Fsp3) is 0.333. The van der Waals surface area contributed by atoms with E-state index in [0.29, 0.717) is 23.7 Å². The Balaban J connectivity index is 1.59. The van der Waals surface area contributed by atoms with Gasteiger partial charge in [0.15, 0.2) is 11.5 Å². The highest BCUT2D eigenvalue weighted by molar-refractivity contribution is 6.06. The van der Waals surface area contributed by atoms with Gasteiger partial charge in [-0.15, -0.1) is 0 Å². The molecule has 4 rings (SSSR count). The van der Waals surface area contributed by atoms with Gasteiger partial charge >= 0.3 is 0 Å². The molecule has 1 amide bonds. The molecule has 32 heavy (non-hydrogen) atoms. The van der Waals surface area contributed by atoms with Crippen LogP contribution in [-0.2, 0) is 4.74 Å². The zero-order valence-electron chi connectivity index (χ0n) is 18.2. The average Bonchev–Trinajstić information content (AvgIpc) is 2.80. The van der Waals surface area contributed by atoms with Crippen LogP contribution in [0.5, 0.6) is 0 Å². The third-order valence-corrected chi connectivity index (χ3v) is 6.02. The van der Waals surface area contributed by atoms with Gasteiger partial charge < -0.3 is 21.5 Å². The van der Waals surface area contributed by atoms with Gasteiger partial charge in [-0.3, -0.25) is 9.78 Å². The number of nitrogen functional groups attached to an aromatic ring is 1. The number of hydrogen-bond donors (Lipinski definition) is 3. The van der Waals surface area contributed by atoms with E-state index in [1.807, 2.05) is 43.3 Å². The minimum absolute atomic E-state index is 0.0227. The fourth-order valence-corrected chi connectivity index (χ4v) is 4.31. The minimum Gasteiger partial charge on any atom is -0.382 e. The first kappa shape index (κ1) is 21.9. The quantitative estimate of drug-likeness (QED) is 0.562. The first-order chi connectivity index (χ1) is 15.5. The van der Waals surface area contributed by atoms with Gasteiger partial charge in [0.1, 0.15) is 0 Å². The number of aromatic nitrogens is 3. The highest BCUT2D eigenvalue weighted by Crippen LogP contribution is 2.37. The van der Waals surface area contributed by atoms with Crippen LogP contribution < -0.4 is 16.8 Å². The van der Waals surface area contributed by atoms with E-state index in [9.17, 15) is 4.79 Å². The van der Waals surface area contributed by atoms with Crippen molar-refractivity contribution < 1.29 is 9.53 Å². The predicted molar refractivity (Wildman–Crippen MR) is 124 cm³/mol. The summed E-state index contributed by atoms with van der Waals surface area (Å²) in [5.74, 6) is -0.0912. The van der Waals surface area contributed by atoms with E-state index in [1.165, 1.54) is 0 Å². The van der Waals surface area contributed by atoms with E-state index in [4.69, 9.17) is 16.2 Å². The molecule has 8 heteroatoms. The van der Waals surface area contributed by atoms with Gasteiger partial charge in [0.05, 0.1) is 36.0 Å². The molecular weight excluding hydrogens is 404 g/mol. The Morgan fingerprint density at radius 1 is 1.22 bits per heavy atom. The highest BCUT2D eigenvalue weighted by atomic mass is 16.5. The summed E-state index contributed by atoms with van der Waals surface area (Å²) in [4.78, 5) is 25.9. The number of benzene rings is 1. The number of carbonyl (C=O) groups excluding carboxylic acids is 1. The monoisotopic (exact) mass is 432 g/mol. The molecule has 1 aliphatic heterocycles. The zero-order valence-corrected chi connectivity index (χ0v) is 18.2. The SMILES string of the molecule is CCC1C(N)CC(c2ccncc2NC(=O)c2nc(-c3ccccc3)cnc2N)OC1C. The second-order valence-corrected chi connectivity index (χ2v) is 8.07. The van der Waals surface area contributed by atoms with E-state index < -0.39 is 5.91 Å². The number of hydrogen-bond acceptors (Lipinski definition) is 7. The van der Waals surface area contributed by atoms with Crippen molar-refractivity contribution in [3.05, 3.63) is 66.2 Å². The molecule has 1 fully saturated rings. The van der Waals surface area contributed by atoms with Crippen molar-refractivity contribution in [2.45, 2.75) is 44.9 Å². The Kier molecular flexibility index (Phi) is 6.43. The molecule has 1 aliphatic rings. The number of anilines is 2. The van der Waals surface area contributed by atoms with Crippen molar-refractivity contribution in [2.24, 2.45) is 11.7 Å². The molecule has 0 bridgehead atoms. The molecule has 4 atom stereocenters. The lowest BCUT2D eigenvalue weighted by Crippen LogP contribution is -2.44. The highest BCUT2D eigenvalue weighted by Gasteiger charge is 2.35. The van der Waals surface area contributed by atoms with Gasteiger partial charge in [-0.1, -0.05) is 37.3 Å². The van der Waals surface area contributed by atoms with E-state index >= 15 is 0 Å². The molecule has 4 unspecified atom stereocenters. The van der Waals surface area contributed by atoms with Crippen molar-refractivity contribution in [1.82, 2.24) is 15.0 Å². The summed E-state index contributed by atoms with van der Waals surface area (Å²) in [5, 5.41) is 2.89. The molecule has 0 spiro atoms. The molecule has 3 heterocycles. The molecular formula is C24H28N6O2. The summed E-state index contributed by atoms with van der Waals surface area (Å²) in [5.41, 5.74) is 15.2. The van der Waals surface area contributed by atoms with Crippen molar-refractivity contribution in [1.29, 1.82) is 0 Å². The van der Waals surface area contributed by atoms with Crippen LogP contribution in [-0.4, -0.2) is 33.0 Å². The van der Waals surface area contributed by atoms with Crippen LogP contribution in [0.1, 0.15) is 48.8 Å². The van der Waals surface area contributed by atoms with Gasteiger partial charge in [0, 0.05) is 23.4 Å². The van der Waals surface area contributed by atoms with Crippen LogP contribution in [0.2, 0.25) is 0 Å². The molecule has 0 radical (unpaired) electrons. The first-order valence-electron chi connectivity index (χ1n) is 10.8. The summed E-state index contributed by atoms with van der Waals surface area (Å²) in [6, 6.07) is 11.4. The number of ether oxygens (including phenoxy) is 1. The van der Waals surface area contributed by atoms with Crippen molar-refractivity contribution in [3.8, 4) is 11.3 Å². The number of nitrogens with two attached hydrogens (primary N) is 2. The lowest BCUT2D eigenvalue weighted by Gasteiger charge is -2.39. The van der Waals surface area contributed by atoms with Gasteiger partial charge in [-0.05, 0) is 31.7 Å².